The Hall–Kier alpha value is -1.55. The van der Waals surface area contributed by atoms with Crippen molar-refractivity contribution in [1.82, 2.24) is 4.90 Å². The average molecular weight is 433 g/mol. The van der Waals surface area contributed by atoms with Gasteiger partial charge in [-0.25, -0.2) is 0 Å². The smallest absolute Gasteiger partial charge is 0.326 e. The number of aromatic hydroxyl groups is 1. The van der Waals surface area contributed by atoms with Crippen molar-refractivity contribution < 1.29 is 24.2 Å². The van der Waals surface area contributed by atoms with Gasteiger partial charge in [0, 0.05) is 0 Å². The maximum atomic E-state index is 12.2. The van der Waals surface area contributed by atoms with Gasteiger partial charge in [-0.1, -0.05) is 6.07 Å². The predicted molar refractivity (Wildman–Crippen MR) is 90.1 cm³/mol. The quantitative estimate of drug-likeness (QED) is 0.447. The molecule has 6 nitrogen and oxygen atoms in total. The summed E-state index contributed by atoms with van der Waals surface area (Å²) < 4.78 is 5.38. The Labute approximate surface area is 144 Å². The first kappa shape index (κ1) is 16.8. The van der Waals surface area contributed by atoms with E-state index in [-0.39, 0.29) is 23.8 Å². The molecular formula is C14H12INO5S. The minimum Gasteiger partial charge on any atom is -0.507 e. The number of esters is 1. The molecule has 116 valence electrons. The van der Waals surface area contributed by atoms with Gasteiger partial charge in [0.05, 0.1) is 15.1 Å². The lowest BCUT2D eigenvalue weighted by atomic mass is 10.2. The van der Waals surface area contributed by atoms with E-state index in [9.17, 15) is 19.5 Å². The number of thioether (sulfide) groups is 1. The first-order valence-corrected chi connectivity index (χ1v) is 8.21. The fourth-order valence-corrected chi connectivity index (χ4v) is 3.11. The average Bonchev–Trinajstić information content (AvgIpc) is 2.71. The van der Waals surface area contributed by atoms with Crippen LogP contribution in [0.25, 0.3) is 6.08 Å². The van der Waals surface area contributed by atoms with Crippen LogP contribution in [0.1, 0.15) is 12.5 Å². The molecule has 2 amide bonds. The summed E-state index contributed by atoms with van der Waals surface area (Å²) in [6.45, 7) is 1.46. The number of amides is 2. The highest BCUT2D eigenvalue weighted by molar-refractivity contribution is 14.1. The molecular weight excluding hydrogens is 421 g/mol. The lowest BCUT2D eigenvalue weighted by Gasteiger charge is -2.10. The molecule has 0 bridgehead atoms. The number of nitrogens with zero attached hydrogens (tertiary/aromatic N) is 1. The second-order valence-electron chi connectivity index (χ2n) is 4.28. The van der Waals surface area contributed by atoms with Crippen molar-refractivity contribution in [2.24, 2.45) is 0 Å². The molecule has 0 saturated carbocycles. The van der Waals surface area contributed by atoms with E-state index >= 15 is 0 Å². The van der Waals surface area contributed by atoms with E-state index in [2.05, 4.69) is 0 Å². The van der Waals surface area contributed by atoms with Crippen LogP contribution in [0.3, 0.4) is 0 Å². The zero-order valence-electron chi connectivity index (χ0n) is 11.5. The second kappa shape index (κ2) is 7.14. The van der Waals surface area contributed by atoms with Crippen molar-refractivity contribution in [2.75, 3.05) is 13.2 Å². The van der Waals surface area contributed by atoms with Crippen molar-refractivity contribution in [2.45, 2.75) is 6.92 Å². The van der Waals surface area contributed by atoms with E-state index in [0.29, 0.717) is 9.13 Å². The van der Waals surface area contributed by atoms with Gasteiger partial charge in [-0.2, -0.15) is 0 Å². The van der Waals surface area contributed by atoms with Crippen LogP contribution in [0, 0.1) is 3.57 Å². The van der Waals surface area contributed by atoms with Gasteiger partial charge in [-0.3, -0.25) is 19.3 Å². The molecule has 1 heterocycles. The molecule has 1 aliphatic heterocycles. The molecule has 0 aliphatic carbocycles. The Balaban J connectivity index is 2.18. The Morgan fingerprint density at radius 2 is 2.18 bits per heavy atom. The number of imide groups is 1. The Morgan fingerprint density at radius 3 is 2.82 bits per heavy atom. The molecule has 0 unspecified atom stereocenters. The normalized spacial score (nSPS) is 16.5. The van der Waals surface area contributed by atoms with E-state index in [1.54, 1.807) is 25.1 Å². The van der Waals surface area contributed by atoms with Crippen LogP contribution in [-0.4, -0.2) is 40.3 Å². The summed E-state index contributed by atoms with van der Waals surface area (Å²) in [4.78, 5) is 36.5. The number of benzene rings is 1. The first-order chi connectivity index (χ1) is 10.4. The zero-order valence-corrected chi connectivity index (χ0v) is 14.5. The number of phenolic OH excluding ortho intramolecular Hbond substituents is 1. The van der Waals surface area contributed by atoms with Gasteiger partial charge in [-0.15, -0.1) is 0 Å². The van der Waals surface area contributed by atoms with Gasteiger partial charge < -0.3 is 9.84 Å². The largest absolute Gasteiger partial charge is 0.507 e. The van der Waals surface area contributed by atoms with E-state index in [4.69, 9.17) is 4.74 Å². The van der Waals surface area contributed by atoms with E-state index in [1.807, 2.05) is 22.6 Å². The zero-order chi connectivity index (χ0) is 16.3. The summed E-state index contributed by atoms with van der Waals surface area (Å²) in [6.07, 6.45) is 1.55. The van der Waals surface area contributed by atoms with Gasteiger partial charge in [0.2, 0.25) is 0 Å². The SMILES string of the molecule is CCOC(=O)CN1C(=O)S/C(=C/c2ccc(O)c(I)c2)C1=O. The lowest BCUT2D eigenvalue weighted by molar-refractivity contribution is -0.145. The lowest BCUT2D eigenvalue weighted by Crippen LogP contribution is -2.34. The number of carbonyl (C=O) groups is 3. The van der Waals surface area contributed by atoms with Crippen LogP contribution in [-0.2, 0) is 14.3 Å². The molecule has 2 rings (SSSR count). The minimum absolute atomic E-state index is 0.146. The number of carbonyl (C=O) groups excluding carboxylic acids is 3. The third-order valence-corrected chi connectivity index (χ3v) is 4.51. The molecule has 0 atom stereocenters. The molecule has 1 aromatic rings. The van der Waals surface area contributed by atoms with E-state index in [0.717, 1.165) is 16.7 Å². The Morgan fingerprint density at radius 1 is 1.45 bits per heavy atom. The summed E-state index contributed by atoms with van der Waals surface area (Å²) in [7, 11) is 0. The van der Waals surface area contributed by atoms with Crippen LogP contribution in [0.4, 0.5) is 4.79 Å². The summed E-state index contributed by atoms with van der Waals surface area (Å²) in [5.41, 5.74) is 0.684. The van der Waals surface area contributed by atoms with Gasteiger partial charge in [0.1, 0.15) is 12.3 Å². The molecule has 1 fully saturated rings. The Bertz CT molecular complexity index is 673. The highest BCUT2D eigenvalue weighted by atomic mass is 127. The maximum Gasteiger partial charge on any atom is 0.326 e. The van der Waals surface area contributed by atoms with Crippen molar-refractivity contribution in [1.29, 1.82) is 0 Å². The molecule has 1 aromatic carbocycles. The fourth-order valence-electron chi connectivity index (χ4n) is 1.74. The van der Waals surface area contributed by atoms with E-state index in [1.165, 1.54) is 6.07 Å². The van der Waals surface area contributed by atoms with Gasteiger partial charge in [-0.05, 0) is 65.0 Å². The molecule has 8 heteroatoms. The molecule has 0 aromatic heterocycles. The van der Waals surface area contributed by atoms with Crippen molar-refractivity contribution in [3.05, 3.63) is 32.2 Å². The van der Waals surface area contributed by atoms with Crippen molar-refractivity contribution in [3.63, 3.8) is 0 Å². The summed E-state index contributed by atoms with van der Waals surface area (Å²) in [5.74, 6) is -0.996. The van der Waals surface area contributed by atoms with Crippen molar-refractivity contribution >= 4 is 57.5 Å². The molecule has 1 aliphatic rings. The number of hydrogen-bond donors (Lipinski definition) is 1. The number of hydrogen-bond acceptors (Lipinski definition) is 6. The van der Waals surface area contributed by atoms with Crippen molar-refractivity contribution in [3.8, 4) is 5.75 Å². The minimum atomic E-state index is -0.620. The highest BCUT2D eigenvalue weighted by Crippen LogP contribution is 2.32. The van der Waals surface area contributed by atoms with Crippen LogP contribution in [0.5, 0.6) is 5.75 Å². The standard InChI is InChI=1S/C14H12INO5S/c1-2-21-12(18)7-16-13(19)11(22-14(16)20)6-8-3-4-10(17)9(15)5-8/h3-6,17H,2,7H2,1H3/b11-6+. The number of ether oxygens (including phenoxy) is 1. The van der Waals surface area contributed by atoms with E-state index < -0.39 is 17.1 Å². The van der Waals surface area contributed by atoms with Crippen LogP contribution >= 0.6 is 34.4 Å². The molecule has 1 saturated heterocycles. The molecule has 0 spiro atoms. The molecule has 22 heavy (non-hydrogen) atoms. The third kappa shape index (κ3) is 3.80. The summed E-state index contributed by atoms with van der Waals surface area (Å²) in [6, 6.07) is 4.84. The van der Waals surface area contributed by atoms with Crippen LogP contribution in [0.15, 0.2) is 23.1 Å². The monoisotopic (exact) mass is 433 g/mol. The number of phenols is 1. The first-order valence-electron chi connectivity index (χ1n) is 6.32. The maximum absolute atomic E-state index is 12.2. The highest BCUT2D eigenvalue weighted by Gasteiger charge is 2.36. The Kier molecular flexibility index (Phi) is 5.46. The van der Waals surface area contributed by atoms with Gasteiger partial charge >= 0.3 is 5.97 Å². The summed E-state index contributed by atoms with van der Waals surface area (Å²) >= 11 is 2.74. The van der Waals surface area contributed by atoms with Gasteiger partial charge in [0.25, 0.3) is 11.1 Å². The fraction of sp³-hybridized carbons (Fsp3) is 0.214. The van der Waals surface area contributed by atoms with Crippen LogP contribution in [0.2, 0.25) is 0 Å². The predicted octanol–water partition coefficient (Wildman–Crippen LogP) is 2.60. The third-order valence-electron chi connectivity index (χ3n) is 2.74. The second-order valence-corrected chi connectivity index (χ2v) is 6.44. The topological polar surface area (TPSA) is 83.9 Å². The van der Waals surface area contributed by atoms with Gasteiger partial charge in [0.15, 0.2) is 0 Å². The molecule has 1 N–H and O–H groups in total. The number of halogens is 1. The summed E-state index contributed by atoms with van der Waals surface area (Å²) in [5, 5.41) is 8.97. The number of rotatable bonds is 4. The molecule has 0 radical (unpaired) electrons. The van der Waals surface area contributed by atoms with Crippen LogP contribution < -0.4 is 0 Å².